The number of benzene rings is 1. The van der Waals surface area contributed by atoms with Crippen molar-refractivity contribution in [3.63, 3.8) is 0 Å². The summed E-state index contributed by atoms with van der Waals surface area (Å²) in [6, 6.07) is 9.34. The van der Waals surface area contributed by atoms with Gasteiger partial charge in [-0.15, -0.1) is 0 Å². The van der Waals surface area contributed by atoms with Crippen LogP contribution in [-0.4, -0.2) is 53.5 Å². The molecule has 1 aromatic carbocycles. The normalized spacial score (nSPS) is 27.6. The Hall–Kier alpha value is -1.26. The molecular formula is C21H32ClN3O. The molecule has 1 aliphatic heterocycles. The van der Waals surface area contributed by atoms with Crippen LogP contribution in [0.1, 0.15) is 46.5 Å². The highest BCUT2D eigenvalue weighted by Gasteiger charge is 2.33. The van der Waals surface area contributed by atoms with Gasteiger partial charge in [-0.25, -0.2) is 0 Å². The molecule has 1 N–H and O–H groups in total. The Morgan fingerprint density at radius 3 is 2.35 bits per heavy atom. The van der Waals surface area contributed by atoms with Crippen molar-refractivity contribution < 1.29 is 4.79 Å². The molecule has 1 atom stereocenters. The zero-order chi connectivity index (χ0) is 18.7. The highest BCUT2D eigenvalue weighted by atomic mass is 35.5. The van der Waals surface area contributed by atoms with E-state index in [4.69, 9.17) is 11.6 Å². The van der Waals surface area contributed by atoms with Gasteiger partial charge in [0, 0.05) is 54.4 Å². The first-order valence-corrected chi connectivity index (χ1v) is 10.4. The maximum atomic E-state index is 13.0. The summed E-state index contributed by atoms with van der Waals surface area (Å²) in [7, 11) is 0. The van der Waals surface area contributed by atoms with Gasteiger partial charge in [-0.3, -0.25) is 9.69 Å². The summed E-state index contributed by atoms with van der Waals surface area (Å²) in [5.41, 5.74) is 1.11. The van der Waals surface area contributed by atoms with Crippen LogP contribution in [0.2, 0.25) is 5.02 Å². The molecule has 1 aliphatic carbocycles. The number of piperazine rings is 1. The molecule has 2 aliphatic rings. The van der Waals surface area contributed by atoms with Gasteiger partial charge in [0.25, 0.3) is 0 Å². The molecular weight excluding hydrogens is 346 g/mol. The van der Waals surface area contributed by atoms with E-state index in [9.17, 15) is 4.79 Å². The minimum atomic E-state index is 0.205. The number of anilines is 1. The second-order valence-electron chi connectivity index (χ2n) is 8.16. The van der Waals surface area contributed by atoms with E-state index in [-0.39, 0.29) is 5.92 Å². The van der Waals surface area contributed by atoms with Gasteiger partial charge >= 0.3 is 0 Å². The van der Waals surface area contributed by atoms with Crippen molar-refractivity contribution in [1.82, 2.24) is 9.80 Å². The van der Waals surface area contributed by atoms with E-state index in [1.165, 1.54) is 0 Å². The minimum absolute atomic E-state index is 0.205. The van der Waals surface area contributed by atoms with Crippen LogP contribution in [0.5, 0.6) is 0 Å². The zero-order valence-electron chi connectivity index (χ0n) is 16.2. The lowest BCUT2D eigenvalue weighted by Gasteiger charge is -2.43. The molecule has 1 saturated heterocycles. The Kier molecular flexibility index (Phi) is 6.46. The minimum Gasteiger partial charge on any atom is -0.382 e. The lowest BCUT2D eigenvalue weighted by molar-refractivity contribution is -0.139. The number of carbonyl (C=O) groups is 1. The van der Waals surface area contributed by atoms with E-state index in [0.717, 1.165) is 56.0 Å². The van der Waals surface area contributed by atoms with Gasteiger partial charge in [0.15, 0.2) is 0 Å². The summed E-state index contributed by atoms with van der Waals surface area (Å²) < 4.78 is 0. The first-order valence-electron chi connectivity index (χ1n) is 10.0. The predicted octanol–water partition coefficient (Wildman–Crippen LogP) is 4.25. The summed E-state index contributed by atoms with van der Waals surface area (Å²) in [4.78, 5) is 17.6. The first kappa shape index (κ1) is 19.5. The van der Waals surface area contributed by atoms with Crippen molar-refractivity contribution in [3.8, 4) is 0 Å². The second kappa shape index (κ2) is 8.62. The van der Waals surface area contributed by atoms with Crippen LogP contribution in [0.4, 0.5) is 5.69 Å². The number of rotatable bonds is 4. The number of hydrogen-bond donors (Lipinski definition) is 1. The molecule has 1 amide bonds. The number of halogens is 1. The van der Waals surface area contributed by atoms with Crippen molar-refractivity contribution in [1.29, 1.82) is 0 Å². The van der Waals surface area contributed by atoms with Gasteiger partial charge in [0.2, 0.25) is 5.91 Å². The quantitative estimate of drug-likeness (QED) is 0.851. The smallest absolute Gasteiger partial charge is 0.225 e. The van der Waals surface area contributed by atoms with Crippen LogP contribution >= 0.6 is 11.6 Å². The van der Waals surface area contributed by atoms with Crippen molar-refractivity contribution in [2.45, 2.75) is 64.6 Å². The summed E-state index contributed by atoms with van der Waals surface area (Å²) in [5, 5.41) is 4.34. The van der Waals surface area contributed by atoms with Crippen LogP contribution < -0.4 is 5.32 Å². The summed E-state index contributed by atoms with van der Waals surface area (Å²) in [6.45, 7) is 9.47. The second-order valence-corrected chi connectivity index (χ2v) is 8.60. The van der Waals surface area contributed by atoms with Crippen molar-refractivity contribution in [2.24, 2.45) is 5.92 Å². The van der Waals surface area contributed by atoms with Crippen LogP contribution in [0.3, 0.4) is 0 Å². The van der Waals surface area contributed by atoms with Crippen LogP contribution in [0, 0.1) is 5.92 Å². The molecule has 0 spiro atoms. The Morgan fingerprint density at radius 2 is 1.77 bits per heavy atom. The maximum Gasteiger partial charge on any atom is 0.225 e. The molecule has 0 aromatic heterocycles. The molecule has 1 unspecified atom stereocenters. The van der Waals surface area contributed by atoms with Crippen molar-refractivity contribution in [2.75, 3.05) is 25.0 Å². The van der Waals surface area contributed by atoms with Gasteiger partial charge in [0.1, 0.15) is 0 Å². The standard InChI is InChI=1S/C21H32ClN3O/c1-15(2)25-13-12-24(14-16(25)3)21(26)17-4-8-19(9-5-17)23-20-10-6-18(22)7-11-20/h6-7,10-11,15-17,19,23H,4-5,8-9,12-14H2,1-3H3. The fourth-order valence-corrected chi connectivity index (χ4v) is 4.59. The van der Waals surface area contributed by atoms with Gasteiger partial charge < -0.3 is 10.2 Å². The van der Waals surface area contributed by atoms with Crippen LogP contribution in [0.15, 0.2) is 24.3 Å². The predicted molar refractivity (Wildman–Crippen MR) is 109 cm³/mol. The number of hydrogen-bond acceptors (Lipinski definition) is 3. The average molecular weight is 378 g/mol. The van der Waals surface area contributed by atoms with Crippen molar-refractivity contribution >= 4 is 23.2 Å². The molecule has 4 nitrogen and oxygen atoms in total. The Labute approximate surface area is 162 Å². The summed E-state index contributed by atoms with van der Waals surface area (Å²) >= 11 is 5.95. The van der Waals surface area contributed by atoms with Gasteiger partial charge in [-0.05, 0) is 70.7 Å². The fraction of sp³-hybridized carbons (Fsp3) is 0.667. The molecule has 26 heavy (non-hydrogen) atoms. The van der Waals surface area contributed by atoms with Crippen LogP contribution in [-0.2, 0) is 4.79 Å². The van der Waals surface area contributed by atoms with E-state index in [1.54, 1.807) is 0 Å². The first-order chi connectivity index (χ1) is 12.4. The SMILES string of the molecule is CC(C)N1CCN(C(=O)C2CCC(Nc3ccc(Cl)cc3)CC2)CC1C. The molecule has 2 fully saturated rings. The molecule has 0 radical (unpaired) electrons. The molecule has 0 bridgehead atoms. The number of nitrogens with zero attached hydrogens (tertiary/aromatic N) is 2. The summed E-state index contributed by atoms with van der Waals surface area (Å²) in [6.07, 6.45) is 4.09. The van der Waals surface area contributed by atoms with Crippen LogP contribution in [0.25, 0.3) is 0 Å². The van der Waals surface area contributed by atoms with E-state index >= 15 is 0 Å². The zero-order valence-corrected chi connectivity index (χ0v) is 17.0. The maximum absolute atomic E-state index is 13.0. The Bertz CT molecular complexity index is 596. The van der Waals surface area contributed by atoms with E-state index < -0.39 is 0 Å². The third-order valence-electron chi connectivity index (χ3n) is 5.95. The monoisotopic (exact) mass is 377 g/mol. The molecule has 5 heteroatoms. The third kappa shape index (κ3) is 4.72. The fourth-order valence-electron chi connectivity index (χ4n) is 4.46. The number of carbonyl (C=O) groups excluding carboxylic acids is 1. The average Bonchev–Trinajstić information content (AvgIpc) is 2.63. The highest BCUT2D eigenvalue weighted by Crippen LogP contribution is 2.29. The topological polar surface area (TPSA) is 35.6 Å². The van der Waals surface area contributed by atoms with E-state index in [0.29, 0.717) is 24.0 Å². The number of amides is 1. The lowest BCUT2D eigenvalue weighted by Crippen LogP contribution is -2.56. The third-order valence-corrected chi connectivity index (χ3v) is 6.20. The van der Waals surface area contributed by atoms with E-state index in [2.05, 4.69) is 35.9 Å². The highest BCUT2D eigenvalue weighted by molar-refractivity contribution is 6.30. The largest absolute Gasteiger partial charge is 0.382 e. The molecule has 1 heterocycles. The molecule has 1 aromatic rings. The Morgan fingerprint density at radius 1 is 1.12 bits per heavy atom. The van der Waals surface area contributed by atoms with Crippen molar-refractivity contribution in [3.05, 3.63) is 29.3 Å². The van der Waals surface area contributed by atoms with Gasteiger partial charge in [0.05, 0.1) is 0 Å². The van der Waals surface area contributed by atoms with Gasteiger partial charge in [-0.1, -0.05) is 11.6 Å². The molecule has 144 valence electrons. The van der Waals surface area contributed by atoms with Gasteiger partial charge in [-0.2, -0.15) is 0 Å². The molecule has 1 saturated carbocycles. The Balaban J connectivity index is 1.47. The van der Waals surface area contributed by atoms with E-state index in [1.807, 2.05) is 24.3 Å². The summed E-state index contributed by atoms with van der Waals surface area (Å²) in [5.74, 6) is 0.585. The lowest BCUT2D eigenvalue weighted by atomic mass is 9.84. The molecule has 3 rings (SSSR count). The number of nitrogens with one attached hydrogen (secondary N) is 1.